The summed E-state index contributed by atoms with van der Waals surface area (Å²) in [6.07, 6.45) is -0.985. The van der Waals surface area contributed by atoms with Crippen molar-refractivity contribution in [1.82, 2.24) is 0 Å². The van der Waals surface area contributed by atoms with Gasteiger partial charge in [-0.2, -0.15) is 0 Å². The number of carbonyl (C=O) groups is 1. The Morgan fingerprint density at radius 3 is 1.39 bits per heavy atom. The maximum atomic E-state index is 11.9. The van der Waals surface area contributed by atoms with Crippen LogP contribution in [0.4, 0.5) is 0 Å². The Morgan fingerprint density at radius 2 is 1.07 bits per heavy atom. The third kappa shape index (κ3) is 4.02. The lowest BCUT2D eigenvalue weighted by Gasteiger charge is -2.37. The summed E-state index contributed by atoms with van der Waals surface area (Å²) in [6, 6.07) is 1.66. The van der Waals surface area contributed by atoms with Gasteiger partial charge < -0.3 is 37.9 Å². The molecule has 3 rings (SSSR count). The first kappa shape index (κ1) is 20.7. The summed E-state index contributed by atoms with van der Waals surface area (Å²) in [5, 5.41) is 0. The van der Waals surface area contributed by atoms with Gasteiger partial charge in [0.25, 0.3) is 0 Å². The molecule has 1 aromatic carbocycles. The van der Waals surface area contributed by atoms with Gasteiger partial charge in [-0.25, -0.2) is 0 Å². The minimum atomic E-state index is -0.435. The number of hydrogen-bond donors (Lipinski definition) is 0. The van der Waals surface area contributed by atoms with Gasteiger partial charge in [0, 0.05) is 34.5 Å². The first-order valence-corrected chi connectivity index (χ1v) is 8.95. The quantitative estimate of drug-likeness (QED) is 0.567. The minimum Gasteiger partial charge on any atom is -0.480 e. The first-order valence-electron chi connectivity index (χ1n) is 8.95. The van der Waals surface area contributed by atoms with Gasteiger partial charge in [-0.3, -0.25) is 4.79 Å². The van der Waals surface area contributed by atoms with Gasteiger partial charge in [0.2, 0.25) is 0 Å². The molecule has 0 saturated carbocycles. The number of fused-ring (bicyclic) bond motifs is 2. The predicted molar refractivity (Wildman–Crippen MR) is 97.0 cm³/mol. The minimum absolute atomic E-state index is 0.224. The predicted octanol–water partition coefficient (Wildman–Crippen LogP) is 1.10. The van der Waals surface area contributed by atoms with E-state index in [0.29, 0.717) is 42.5 Å². The highest BCUT2D eigenvalue weighted by Crippen LogP contribution is 2.49. The van der Waals surface area contributed by atoms with Crippen LogP contribution in [0.3, 0.4) is 0 Å². The van der Waals surface area contributed by atoms with E-state index in [0.717, 1.165) is 0 Å². The van der Waals surface area contributed by atoms with Crippen molar-refractivity contribution in [3.8, 4) is 23.0 Å². The number of aldehydes is 1. The van der Waals surface area contributed by atoms with Crippen molar-refractivity contribution in [3.05, 3.63) is 11.6 Å². The zero-order valence-electron chi connectivity index (χ0n) is 16.5. The number of carbonyl (C=O) groups excluding carboxylic acids is 1. The number of rotatable bonds is 9. The molecule has 2 aliphatic heterocycles. The summed E-state index contributed by atoms with van der Waals surface area (Å²) in [5.41, 5.74) is 0.224. The van der Waals surface area contributed by atoms with Gasteiger partial charge in [0.05, 0.1) is 26.4 Å². The monoisotopic (exact) mass is 398 g/mol. The SMILES string of the molecule is COC[C@H]1Oc2cc3c(c(C=O)c2O[C@@H]1COC)O[C@H](COC)[C@@H](COC)O3. The average molecular weight is 398 g/mol. The van der Waals surface area contributed by atoms with Gasteiger partial charge in [-0.15, -0.1) is 0 Å². The topological polar surface area (TPSA) is 90.9 Å². The second-order valence-electron chi connectivity index (χ2n) is 6.51. The smallest absolute Gasteiger partial charge is 0.176 e. The molecule has 1 aromatic rings. The largest absolute Gasteiger partial charge is 0.480 e. The van der Waals surface area contributed by atoms with Crippen LogP contribution < -0.4 is 18.9 Å². The number of ether oxygens (including phenoxy) is 8. The van der Waals surface area contributed by atoms with Crippen molar-refractivity contribution in [2.75, 3.05) is 54.9 Å². The molecule has 0 unspecified atom stereocenters. The molecule has 0 amide bonds. The summed E-state index contributed by atoms with van der Waals surface area (Å²) in [6.45, 7) is 1.17. The molecule has 0 bridgehead atoms. The molecule has 0 spiro atoms. The number of benzene rings is 1. The van der Waals surface area contributed by atoms with Gasteiger partial charge in [-0.05, 0) is 0 Å². The molecule has 0 radical (unpaired) electrons. The van der Waals surface area contributed by atoms with Crippen molar-refractivity contribution in [2.24, 2.45) is 0 Å². The Kier molecular flexibility index (Phi) is 6.95. The fourth-order valence-electron chi connectivity index (χ4n) is 3.30. The normalized spacial score (nSPS) is 25.4. The molecule has 0 N–H and O–H groups in total. The summed E-state index contributed by atoms with van der Waals surface area (Å²) in [7, 11) is 6.29. The molecule has 0 aromatic heterocycles. The lowest BCUT2D eigenvalue weighted by molar-refractivity contribution is -0.0599. The van der Waals surface area contributed by atoms with E-state index in [1.54, 1.807) is 34.5 Å². The second-order valence-corrected chi connectivity index (χ2v) is 6.51. The molecule has 0 aliphatic carbocycles. The van der Waals surface area contributed by atoms with Gasteiger partial charge in [0.1, 0.15) is 5.56 Å². The van der Waals surface area contributed by atoms with Crippen LogP contribution >= 0.6 is 0 Å². The summed E-state index contributed by atoms with van der Waals surface area (Å²) < 4.78 is 45.0. The van der Waals surface area contributed by atoms with E-state index >= 15 is 0 Å². The number of methoxy groups -OCH3 is 4. The number of hydrogen-bond acceptors (Lipinski definition) is 9. The van der Waals surface area contributed by atoms with Gasteiger partial charge >= 0.3 is 0 Å². The Hall–Kier alpha value is -2.07. The van der Waals surface area contributed by atoms with Crippen molar-refractivity contribution in [1.29, 1.82) is 0 Å². The lowest BCUT2D eigenvalue weighted by Crippen LogP contribution is -2.47. The molecule has 156 valence electrons. The third-order valence-corrected chi connectivity index (χ3v) is 4.57. The average Bonchev–Trinajstić information content (AvgIpc) is 2.68. The van der Waals surface area contributed by atoms with Crippen LogP contribution in [0.2, 0.25) is 0 Å². The van der Waals surface area contributed by atoms with Crippen LogP contribution in [0.5, 0.6) is 23.0 Å². The molecule has 0 saturated heterocycles. The van der Waals surface area contributed by atoms with Crippen molar-refractivity contribution in [3.63, 3.8) is 0 Å². The second kappa shape index (κ2) is 9.42. The lowest BCUT2D eigenvalue weighted by atomic mass is 10.1. The Balaban J connectivity index is 1.99. The van der Waals surface area contributed by atoms with E-state index in [9.17, 15) is 4.79 Å². The molecule has 28 heavy (non-hydrogen) atoms. The van der Waals surface area contributed by atoms with E-state index in [4.69, 9.17) is 37.9 Å². The van der Waals surface area contributed by atoms with Crippen LogP contribution in [0.25, 0.3) is 0 Å². The van der Waals surface area contributed by atoms with Gasteiger partial charge in [0.15, 0.2) is 53.7 Å². The van der Waals surface area contributed by atoms with Gasteiger partial charge in [-0.1, -0.05) is 0 Å². The van der Waals surface area contributed by atoms with Crippen LogP contribution in [-0.4, -0.2) is 85.6 Å². The molecular formula is C19H26O9. The van der Waals surface area contributed by atoms with Crippen LogP contribution in [0.15, 0.2) is 6.07 Å². The van der Waals surface area contributed by atoms with Crippen molar-refractivity contribution in [2.45, 2.75) is 24.4 Å². The van der Waals surface area contributed by atoms with Crippen molar-refractivity contribution >= 4 is 6.29 Å². The first-order chi connectivity index (χ1) is 13.7. The van der Waals surface area contributed by atoms with Crippen LogP contribution in [0, 0.1) is 0 Å². The van der Waals surface area contributed by atoms with E-state index < -0.39 is 24.4 Å². The van der Waals surface area contributed by atoms with E-state index in [-0.39, 0.29) is 18.8 Å². The maximum Gasteiger partial charge on any atom is 0.176 e. The third-order valence-electron chi connectivity index (χ3n) is 4.57. The Bertz CT molecular complexity index is 628. The van der Waals surface area contributed by atoms with Crippen molar-refractivity contribution < 1.29 is 42.7 Å². The van der Waals surface area contributed by atoms with E-state index in [1.807, 2.05) is 0 Å². The summed E-state index contributed by atoms with van der Waals surface area (Å²) >= 11 is 0. The highest BCUT2D eigenvalue weighted by molar-refractivity contribution is 5.88. The maximum absolute atomic E-state index is 11.9. The standard InChI is InChI=1S/C19H26O9/c1-21-7-14-16(9-23-3)27-18-11(6-20)19-13(5-12(18)25-14)26-15(8-22-2)17(28-19)10-24-4/h5-6,14-17H,7-10H2,1-4H3/t14-,15-,16-,17-/m1/s1. The zero-order valence-corrected chi connectivity index (χ0v) is 16.5. The molecular weight excluding hydrogens is 372 g/mol. The highest BCUT2D eigenvalue weighted by atomic mass is 16.6. The molecule has 4 atom stereocenters. The molecule has 2 heterocycles. The highest BCUT2D eigenvalue weighted by Gasteiger charge is 2.39. The van der Waals surface area contributed by atoms with E-state index in [1.165, 1.54) is 0 Å². The molecule has 9 heteroatoms. The fraction of sp³-hybridized carbons (Fsp3) is 0.632. The summed E-state index contributed by atoms with van der Waals surface area (Å²) in [5.74, 6) is 1.38. The summed E-state index contributed by atoms with van der Waals surface area (Å²) in [4.78, 5) is 11.9. The zero-order chi connectivity index (χ0) is 20.1. The van der Waals surface area contributed by atoms with Crippen LogP contribution in [-0.2, 0) is 18.9 Å². The molecule has 2 aliphatic rings. The fourth-order valence-corrected chi connectivity index (χ4v) is 3.30. The Morgan fingerprint density at radius 1 is 0.714 bits per heavy atom. The molecule has 0 fully saturated rings. The van der Waals surface area contributed by atoms with Crippen LogP contribution in [0.1, 0.15) is 10.4 Å². The Labute approximate surface area is 163 Å². The molecule has 9 nitrogen and oxygen atoms in total. The van der Waals surface area contributed by atoms with E-state index in [2.05, 4.69) is 0 Å².